The van der Waals surface area contributed by atoms with E-state index in [1.54, 1.807) is 0 Å². The van der Waals surface area contributed by atoms with E-state index in [1.165, 1.54) is 32.5 Å². The SMILES string of the molecule is CC(=O)OCC1OC(SCc2ccccc2)C(OC(C)=O)C(N)C1OC(C)=O. The summed E-state index contributed by atoms with van der Waals surface area (Å²) in [4.78, 5) is 34.3. The lowest BCUT2D eigenvalue weighted by Gasteiger charge is -2.43. The predicted molar refractivity (Wildman–Crippen MR) is 102 cm³/mol. The highest BCUT2D eigenvalue weighted by Gasteiger charge is 2.48. The number of carbonyl (C=O) groups is 3. The minimum absolute atomic E-state index is 0.129. The Morgan fingerprint density at radius 2 is 1.61 bits per heavy atom. The van der Waals surface area contributed by atoms with Gasteiger partial charge in [0, 0.05) is 26.5 Å². The predicted octanol–water partition coefficient (Wildman–Crippen LogP) is 1.40. The molecule has 9 heteroatoms. The minimum atomic E-state index is -0.922. The fourth-order valence-electron chi connectivity index (χ4n) is 2.84. The van der Waals surface area contributed by atoms with Gasteiger partial charge < -0.3 is 24.7 Å². The topological polar surface area (TPSA) is 114 Å². The smallest absolute Gasteiger partial charge is 0.303 e. The van der Waals surface area contributed by atoms with Crippen LogP contribution in [0.25, 0.3) is 0 Å². The summed E-state index contributed by atoms with van der Waals surface area (Å²) in [6, 6.07) is 8.86. The molecule has 0 bridgehead atoms. The molecule has 2 rings (SSSR count). The zero-order valence-corrected chi connectivity index (χ0v) is 16.8. The Morgan fingerprint density at radius 3 is 2.18 bits per heavy atom. The van der Waals surface area contributed by atoms with Crippen LogP contribution in [0, 0.1) is 0 Å². The van der Waals surface area contributed by atoms with Gasteiger partial charge in [-0.2, -0.15) is 0 Å². The monoisotopic (exact) mass is 411 g/mol. The largest absolute Gasteiger partial charge is 0.463 e. The van der Waals surface area contributed by atoms with E-state index < -0.39 is 47.7 Å². The summed E-state index contributed by atoms with van der Waals surface area (Å²) in [6.45, 7) is 3.66. The van der Waals surface area contributed by atoms with Gasteiger partial charge >= 0.3 is 17.9 Å². The van der Waals surface area contributed by atoms with Gasteiger partial charge in [-0.15, -0.1) is 11.8 Å². The first kappa shape index (κ1) is 22.2. The second-order valence-electron chi connectivity index (χ2n) is 6.37. The summed E-state index contributed by atoms with van der Waals surface area (Å²) in [5.41, 5.74) is 6.73. The Kier molecular flexibility index (Phi) is 8.28. The average molecular weight is 411 g/mol. The van der Waals surface area contributed by atoms with E-state index >= 15 is 0 Å². The van der Waals surface area contributed by atoms with Crippen molar-refractivity contribution >= 4 is 29.7 Å². The van der Waals surface area contributed by atoms with Crippen LogP contribution >= 0.6 is 11.8 Å². The molecule has 5 unspecified atom stereocenters. The van der Waals surface area contributed by atoms with Crippen molar-refractivity contribution in [1.29, 1.82) is 0 Å². The lowest BCUT2D eigenvalue weighted by molar-refractivity contribution is -0.201. The first-order valence-corrected chi connectivity index (χ1v) is 9.87. The van der Waals surface area contributed by atoms with E-state index in [0.29, 0.717) is 5.75 Å². The minimum Gasteiger partial charge on any atom is -0.463 e. The molecule has 1 aliphatic heterocycles. The maximum Gasteiger partial charge on any atom is 0.303 e. The Bertz CT molecular complexity index is 682. The molecule has 1 fully saturated rings. The van der Waals surface area contributed by atoms with Crippen LogP contribution in [-0.2, 0) is 39.1 Å². The summed E-state index contributed by atoms with van der Waals surface area (Å²) in [6.07, 6.45) is -2.53. The molecule has 0 aliphatic carbocycles. The van der Waals surface area contributed by atoms with Crippen LogP contribution in [0.3, 0.4) is 0 Å². The Balaban J connectivity index is 2.19. The van der Waals surface area contributed by atoms with E-state index in [1.807, 2.05) is 30.3 Å². The van der Waals surface area contributed by atoms with Crippen molar-refractivity contribution in [3.63, 3.8) is 0 Å². The standard InChI is InChI=1S/C19H25NO7S/c1-11(21)24-9-15-17(25-12(2)22)16(20)18(26-13(3)23)19(27-15)28-10-14-7-5-4-6-8-14/h4-8,15-19H,9-10,20H2,1-3H3. The van der Waals surface area contributed by atoms with Gasteiger partial charge in [0.25, 0.3) is 0 Å². The van der Waals surface area contributed by atoms with Gasteiger partial charge in [0.05, 0.1) is 6.04 Å². The number of hydrogen-bond donors (Lipinski definition) is 1. The Labute approximate surface area is 168 Å². The molecule has 0 amide bonds. The maximum absolute atomic E-state index is 11.6. The van der Waals surface area contributed by atoms with Crippen molar-refractivity contribution in [2.75, 3.05) is 6.61 Å². The number of hydrogen-bond acceptors (Lipinski definition) is 9. The zero-order valence-electron chi connectivity index (χ0n) is 16.0. The van der Waals surface area contributed by atoms with Crippen molar-refractivity contribution in [2.45, 2.75) is 56.3 Å². The van der Waals surface area contributed by atoms with E-state index in [9.17, 15) is 14.4 Å². The number of carbonyl (C=O) groups excluding carboxylic acids is 3. The molecule has 0 radical (unpaired) electrons. The Morgan fingerprint density at radius 1 is 1.00 bits per heavy atom. The van der Waals surface area contributed by atoms with Crippen LogP contribution in [0.15, 0.2) is 30.3 Å². The third-order valence-corrected chi connectivity index (χ3v) is 5.22. The summed E-state index contributed by atoms with van der Waals surface area (Å²) >= 11 is 1.40. The molecular formula is C19H25NO7S. The van der Waals surface area contributed by atoms with Crippen molar-refractivity contribution in [3.8, 4) is 0 Å². The second-order valence-corrected chi connectivity index (χ2v) is 7.45. The van der Waals surface area contributed by atoms with Crippen molar-refractivity contribution in [3.05, 3.63) is 35.9 Å². The highest BCUT2D eigenvalue weighted by molar-refractivity contribution is 7.99. The number of nitrogens with two attached hydrogens (primary N) is 1. The average Bonchev–Trinajstić information content (AvgIpc) is 2.63. The van der Waals surface area contributed by atoms with Gasteiger partial charge in [-0.3, -0.25) is 14.4 Å². The normalized spacial score (nSPS) is 26.9. The number of rotatable bonds is 7. The molecular weight excluding hydrogens is 386 g/mol. The maximum atomic E-state index is 11.6. The van der Waals surface area contributed by atoms with E-state index in [0.717, 1.165) is 5.56 Å². The number of ether oxygens (including phenoxy) is 4. The summed E-state index contributed by atoms with van der Waals surface area (Å²) in [5.74, 6) is -0.980. The van der Waals surface area contributed by atoms with E-state index in [2.05, 4.69) is 0 Å². The summed E-state index contributed by atoms with van der Waals surface area (Å²) in [7, 11) is 0. The molecule has 1 aromatic rings. The zero-order chi connectivity index (χ0) is 20.7. The Hall–Kier alpha value is -2.10. The van der Waals surface area contributed by atoms with Gasteiger partial charge in [0.1, 0.15) is 24.3 Å². The van der Waals surface area contributed by atoms with Crippen LogP contribution < -0.4 is 5.73 Å². The van der Waals surface area contributed by atoms with Gasteiger partial charge in [-0.25, -0.2) is 0 Å². The molecule has 0 saturated carbocycles. The van der Waals surface area contributed by atoms with Crippen LogP contribution in [0.5, 0.6) is 0 Å². The van der Waals surface area contributed by atoms with Crippen molar-refractivity contribution in [1.82, 2.24) is 0 Å². The number of esters is 3. The second kappa shape index (κ2) is 10.4. The molecule has 1 saturated heterocycles. The third-order valence-electron chi connectivity index (χ3n) is 4.01. The number of thioether (sulfide) groups is 1. The van der Waals surface area contributed by atoms with Crippen LogP contribution in [0.4, 0.5) is 0 Å². The van der Waals surface area contributed by atoms with Crippen LogP contribution in [0.2, 0.25) is 0 Å². The molecule has 8 nitrogen and oxygen atoms in total. The molecule has 28 heavy (non-hydrogen) atoms. The van der Waals surface area contributed by atoms with Gasteiger partial charge in [0.15, 0.2) is 6.10 Å². The van der Waals surface area contributed by atoms with Gasteiger partial charge in [-0.05, 0) is 5.56 Å². The molecule has 1 heterocycles. The van der Waals surface area contributed by atoms with Crippen molar-refractivity contribution < 1.29 is 33.3 Å². The quantitative estimate of drug-likeness (QED) is 0.525. The van der Waals surface area contributed by atoms with E-state index in [4.69, 9.17) is 24.7 Å². The first-order chi connectivity index (χ1) is 13.3. The number of benzene rings is 1. The van der Waals surface area contributed by atoms with E-state index in [-0.39, 0.29) is 6.61 Å². The first-order valence-electron chi connectivity index (χ1n) is 8.82. The van der Waals surface area contributed by atoms with Crippen LogP contribution in [-0.4, -0.2) is 54.3 Å². The molecule has 0 spiro atoms. The molecule has 1 aromatic carbocycles. The van der Waals surface area contributed by atoms with Crippen molar-refractivity contribution in [2.24, 2.45) is 5.73 Å². The fourth-order valence-corrected chi connectivity index (χ4v) is 4.03. The fraction of sp³-hybridized carbons (Fsp3) is 0.526. The summed E-state index contributed by atoms with van der Waals surface area (Å²) in [5, 5.41) is 0. The highest BCUT2D eigenvalue weighted by Crippen LogP contribution is 2.33. The lowest BCUT2D eigenvalue weighted by Crippen LogP contribution is -2.63. The summed E-state index contributed by atoms with van der Waals surface area (Å²) < 4.78 is 21.7. The molecule has 1 aliphatic rings. The lowest BCUT2D eigenvalue weighted by atomic mass is 9.97. The van der Waals surface area contributed by atoms with Gasteiger partial charge in [0.2, 0.25) is 0 Å². The molecule has 5 atom stereocenters. The highest BCUT2D eigenvalue weighted by atomic mass is 32.2. The van der Waals surface area contributed by atoms with Crippen LogP contribution in [0.1, 0.15) is 26.3 Å². The molecule has 2 N–H and O–H groups in total. The van der Waals surface area contributed by atoms with Gasteiger partial charge in [-0.1, -0.05) is 30.3 Å². The third kappa shape index (κ3) is 6.50. The molecule has 0 aromatic heterocycles. The molecule has 154 valence electrons.